The maximum Gasteiger partial charge on any atom is 0.326 e. The van der Waals surface area contributed by atoms with Gasteiger partial charge in [-0.05, 0) is 33.7 Å². The van der Waals surface area contributed by atoms with Gasteiger partial charge in [0.1, 0.15) is 5.54 Å². The molecule has 0 spiro atoms. The van der Waals surface area contributed by atoms with Crippen molar-refractivity contribution >= 4 is 5.97 Å². The molecule has 0 heterocycles. The molecule has 0 aromatic carbocycles. The zero-order chi connectivity index (χ0) is 15.6. The SMILES string of the molecule is CCOC(=O)C(C)(CC(C)OCCOCC(C)C)NC. The van der Waals surface area contributed by atoms with Gasteiger partial charge in [-0.1, -0.05) is 13.8 Å². The highest BCUT2D eigenvalue weighted by Gasteiger charge is 2.34. The lowest BCUT2D eigenvalue weighted by Gasteiger charge is -2.29. The van der Waals surface area contributed by atoms with E-state index in [-0.39, 0.29) is 12.1 Å². The van der Waals surface area contributed by atoms with E-state index in [1.54, 1.807) is 14.0 Å². The lowest BCUT2D eigenvalue weighted by Crippen LogP contribution is -2.50. The molecule has 120 valence electrons. The van der Waals surface area contributed by atoms with Gasteiger partial charge in [-0.3, -0.25) is 4.79 Å². The third kappa shape index (κ3) is 7.82. The Morgan fingerprint density at radius 1 is 1.25 bits per heavy atom. The summed E-state index contributed by atoms with van der Waals surface area (Å²) < 4.78 is 16.2. The lowest BCUT2D eigenvalue weighted by molar-refractivity contribution is -0.152. The number of carbonyl (C=O) groups is 1. The van der Waals surface area contributed by atoms with E-state index in [0.717, 1.165) is 6.61 Å². The Hall–Kier alpha value is -0.650. The van der Waals surface area contributed by atoms with E-state index in [1.807, 2.05) is 13.8 Å². The summed E-state index contributed by atoms with van der Waals surface area (Å²) in [6.07, 6.45) is 0.520. The number of hydrogen-bond donors (Lipinski definition) is 1. The molecule has 0 amide bonds. The van der Waals surface area contributed by atoms with E-state index in [1.165, 1.54) is 0 Å². The summed E-state index contributed by atoms with van der Waals surface area (Å²) in [7, 11) is 1.76. The van der Waals surface area contributed by atoms with Gasteiger partial charge in [0, 0.05) is 13.0 Å². The summed E-state index contributed by atoms with van der Waals surface area (Å²) in [6.45, 7) is 12.1. The molecule has 0 aromatic heterocycles. The van der Waals surface area contributed by atoms with Gasteiger partial charge in [0.2, 0.25) is 0 Å². The van der Waals surface area contributed by atoms with Gasteiger partial charge in [0.05, 0.1) is 25.9 Å². The third-order valence-electron chi connectivity index (χ3n) is 3.05. The van der Waals surface area contributed by atoms with Crippen LogP contribution in [-0.4, -0.2) is 51.1 Å². The van der Waals surface area contributed by atoms with Crippen LogP contribution in [0.5, 0.6) is 0 Å². The van der Waals surface area contributed by atoms with Gasteiger partial charge >= 0.3 is 5.97 Å². The van der Waals surface area contributed by atoms with Crippen LogP contribution >= 0.6 is 0 Å². The Morgan fingerprint density at radius 3 is 2.40 bits per heavy atom. The second kappa shape index (κ2) is 10.1. The third-order valence-corrected chi connectivity index (χ3v) is 3.05. The fraction of sp³-hybridized carbons (Fsp3) is 0.933. The molecule has 0 saturated heterocycles. The van der Waals surface area contributed by atoms with Gasteiger partial charge < -0.3 is 19.5 Å². The van der Waals surface area contributed by atoms with Crippen molar-refractivity contribution in [1.29, 1.82) is 0 Å². The fourth-order valence-corrected chi connectivity index (χ4v) is 1.84. The monoisotopic (exact) mass is 289 g/mol. The number of carbonyl (C=O) groups excluding carboxylic acids is 1. The van der Waals surface area contributed by atoms with E-state index in [9.17, 15) is 4.79 Å². The average molecular weight is 289 g/mol. The normalized spacial score (nSPS) is 15.9. The minimum atomic E-state index is -0.714. The second-order valence-corrected chi connectivity index (χ2v) is 5.66. The minimum Gasteiger partial charge on any atom is -0.465 e. The Labute approximate surface area is 123 Å². The first-order chi connectivity index (χ1) is 9.35. The Balaban J connectivity index is 4.03. The van der Waals surface area contributed by atoms with Crippen molar-refractivity contribution in [2.24, 2.45) is 5.92 Å². The summed E-state index contributed by atoms with van der Waals surface area (Å²) in [6, 6.07) is 0. The van der Waals surface area contributed by atoms with Crippen molar-refractivity contribution in [2.75, 3.05) is 33.5 Å². The van der Waals surface area contributed by atoms with Crippen molar-refractivity contribution in [2.45, 2.75) is 52.7 Å². The Kier molecular flexibility index (Phi) is 9.80. The summed E-state index contributed by atoms with van der Waals surface area (Å²) in [4.78, 5) is 11.9. The van der Waals surface area contributed by atoms with Crippen molar-refractivity contribution in [1.82, 2.24) is 5.32 Å². The summed E-state index contributed by atoms with van der Waals surface area (Å²) in [5.74, 6) is 0.290. The largest absolute Gasteiger partial charge is 0.465 e. The molecule has 0 aliphatic carbocycles. The predicted molar refractivity (Wildman–Crippen MR) is 79.8 cm³/mol. The molecule has 5 heteroatoms. The highest BCUT2D eigenvalue weighted by Crippen LogP contribution is 2.16. The number of esters is 1. The summed E-state index contributed by atoms with van der Waals surface area (Å²) in [5, 5.41) is 3.02. The van der Waals surface area contributed by atoms with Gasteiger partial charge in [-0.2, -0.15) is 0 Å². The van der Waals surface area contributed by atoms with Crippen LogP contribution in [0.3, 0.4) is 0 Å². The van der Waals surface area contributed by atoms with Crippen LogP contribution in [0.15, 0.2) is 0 Å². The minimum absolute atomic E-state index is 0.0421. The second-order valence-electron chi connectivity index (χ2n) is 5.66. The zero-order valence-corrected chi connectivity index (χ0v) is 13.8. The molecule has 2 unspecified atom stereocenters. The van der Waals surface area contributed by atoms with Crippen LogP contribution in [0, 0.1) is 5.92 Å². The first kappa shape index (κ1) is 19.4. The van der Waals surface area contributed by atoms with E-state index >= 15 is 0 Å². The lowest BCUT2D eigenvalue weighted by atomic mass is 9.95. The number of rotatable bonds is 11. The Morgan fingerprint density at radius 2 is 1.90 bits per heavy atom. The summed E-state index contributed by atoms with van der Waals surface area (Å²) in [5.41, 5.74) is -0.714. The smallest absolute Gasteiger partial charge is 0.326 e. The number of nitrogens with one attached hydrogen (secondary N) is 1. The molecule has 0 rings (SSSR count). The predicted octanol–water partition coefficient (Wildman–Crippen LogP) is 2.00. The van der Waals surface area contributed by atoms with Crippen LogP contribution in [-0.2, 0) is 19.0 Å². The van der Waals surface area contributed by atoms with Crippen molar-refractivity contribution < 1.29 is 19.0 Å². The molecule has 0 saturated carbocycles. The molecule has 5 nitrogen and oxygen atoms in total. The summed E-state index contributed by atoms with van der Waals surface area (Å²) >= 11 is 0. The van der Waals surface area contributed by atoms with E-state index in [4.69, 9.17) is 14.2 Å². The number of likely N-dealkylation sites (N-methyl/N-ethyl adjacent to an activating group) is 1. The zero-order valence-electron chi connectivity index (χ0n) is 13.8. The standard InChI is InChI=1S/C15H31NO4/c1-7-19-14(17)15(5,16-6)10-13(4)20-9-8-18-11-12(2)3/h12-13,16H,7-11H2,1-6H3. The molecule has 2 atom stereocenters. The van der Waals surface area contributed by atoms with E-state index in [0.29, 0.717) is 32.2 Å². The molecule has 0 aromatic rings. The molecule has 1 N–H and O–H groups in total. The highest BCUT2D eigenvalue weighted by molar-refractivity contribution is 5.80. The van der Waals surface area contributed by atoms with Crippen molar-refractivity contribution in [3.8, 4) is 0 Å². The first-order valence-electron chi connectivity index (χ1n) is 7.41. The molecular formula is C15H31NO4. The van der Waals surface area contributed by atoms with E-state index < -0.39 is 5.54 Å². The molecule has 0 bridgehead atoms. The van der Waals surface area contributed by atoms with Crippen LogP contribution < -0.4 is 5.32 Å². The number of ether oxygens (including phenoxy) is 3. The van der Waals surface area contributed by atoms with E-state index in [2.05, 4.69) is 19.2 Å². The molecular weight excluding hydrogens is 258 g/mol. The topological polar surface area (TPSA) is 56.8 Å². The van der Waals surface area contributed by atoms with Crippen LogP contribution in [0.4, 0.5) is 0 Å². The van der Waals surface area contributed by atoms with Gasteiger partial charge in [-0.25, -0.2) is 0 Å². The average Bonchev–Trinajstić information content (AvgIpc) is 2.38. The molecule has 0 radical (unpaired) electrons. The quantitative estimate of drug-likeness (QED) is 0.466. The molecule has 20 heavy (non-hydrogen) atoms. The van der Waals surface area contributed by atoms with Gasteiger partial charge in [0.15, 0.2) is 0 Å². The van der Waals surface area contributed by atoms with Gasteiger partial charge in [-0.15, -0.1) is 0 Å². The van der Waals surface area contributed by atoms with Gasteiger partial charge in [0.25, 0.3) is 0 Å². The molecule has 0 aliphatic heterocycles. The Bertz CT molecular complexity index is 271. The molecule has 0 aliphatic rings. The van der Waals surface area contributed by atoms with Crippen LogP contribution in [0.1, 0.15) is 41.0 Å². The number of hydrogen-bond acceptors (Lipinski definition) is 5. The molecule has 0 fully saturated rings. The maximum absolute atomic E-state index is 11.9. The van der Waals surface area contributed by atoms with Crippen molar-refractivity contribution in [3.05, 3.63) is 0 Å². The highest BCUT2D eigenvalue weighted by atomic mass is 16.5. The maximum atomic E-state index is 11.9. The van der Waals surface area contributed by atoms with Crippen LogP contribution in [0.25, 0.3) is 0 Å². The fourth-order valence-electron chi connectivity index (χ4n) is 1.84. The first-order valence-corrected chi connectivity index (χ1v) is 7.41. The van der Waals surface area contributed by atoms with Crippen molar-refractivity contribution in [3.63, 3.8) is 0 Å². The van der Waals surface area contributed by atoms with Crippen LogP contribution in [0.2, 0.25) is 0 Å².